The van der Waals surface area contributed by atoms with E-state index in [1.165, 1.54) is 11.3 Å². The average molecular weight is 496 g/mol. The number of rotatable bonds is 8. The van der Waals surface area contributed by atoms with Crippen molar-refractivity contribution in [2.75, 3.05) is 18.4 Å². The van der Waals surface area contributed by atoms with Crippen LogP contribution >= 0.6 is 22.9 Å². The second-order valence-electron chi connectivity index (χ2n) is 8.69. The fraction of sp³-hybridized carbons (Fsp3) is 0.370. The number of benzene rings is 2. The van der Waals surface area contributed by atoms with Crippen molar-refractivity contribution in [3.05, 3.63) is 69.6 Å². The monoisotopic (exact) mass is 495 g/mol. The van der Waals surface area contributed by atoms with Gasteiger partial charge in [-0.3, -0.25) is 9.59 Å². The van der Waals surface area contributed by atoms with Crippen molar-refractivity contribution in [1.82, 2.24) is 9.88 Å². The molecule has 1 saturated heterocycles. The Hall–Kier alpha value is -2.70. The van der Waals surface area contributed by atoms with Gasteiger partial charge in [-0.25, -0.2) is 4.98 Å². The normalized spacial score (nSPS) is 14.2. The first-order valence-corrected chi connectivity index (χ1v) is 13.2. The fourth-order valence-corrected chi connectivity index (χ4v) is 5.40. The van der Waals surface area contributed by atoms with E-state index in [0.717, 1.165) is 67.0 Å². The average Bonchev–Trinajstić information content (AvgIpc) is 3.36. The number of amides is 2. The van der Waals surface area contributed by atoms with Crippen LogP contribution in [0.4, 0.5) is 5.69 Å². The van der Waals surface area contributed by atoms with E-state index in [4.69, 9.17) is 11.6 Å². The fourth-order valence-electron chi connectivity index (χ4n) is 4.30. The molecule has 0 radical (unpaired) electrons. The third kappa shape index (κ3) is 6.05. The Balaban J connectivity index is 1.37. The molecule has 5 nitrogen and oxygen atoms in total. The van der Waals surface area contributed by atoms with Gasteiger partial charge in [0.2, 0.25) is 5.91 Å². The Bertz CT molecular complexity index is 1120. The summed E-state index contributed by atoms with van der Waals surface area (Å²) in [7, 11) is 0. The summed E-state index contributed by atoms with van der Waals surface area (Å²) in [5, 5.41) is 6.51. The second-order valence-corrected chi connectivity index (χ2v) is 10.0. The van der Waals surface area contributed by atoms with Gasteiger partial charge in [-0.05, 0) is 43.0 Å². The lowest BCUT2D eigenvalue weighted by Crippen LogP contribution is -2.37. The number of halogens is 1. The molecule has 1 aliphatic heterocycles. The van der Waals surface area contributed by atoms with Crippen molar-refractivity contribution in [2.24, 2.45) is 0 Å². The standard InChI is InChI=1S/C27H30ClN3O2S/c1-2-3-4-9-25(32)31-16-14-20(15-17-31)27-30-24(18-34-27)26(33)29-23-8-6-5-7-22(23)19-10-12-21(28)13-11-19/h5-8,10-13,18,20H,2-4,9,14-17H2,1H3,(H,29,33). The molecule has 1 aliphatic rings. The largest absolute Gasteiger partial charge is 0.343 e. The molecule has 34 heavy (non-hydrogen) atoms. The Morgan fingerprint density at radius 2 is 1.82 bits per heavy atom. The third-order valence-electron chi connectivity index (χ3n) is 6.28. The summed E-state index contributed by atoms with van der Waals surface area (Å²) in [6.07, 6.45) is 5.65. The summed E-state index contributed by atoms with van der Waals surface area (Å²) in [6.45, 7) is 3.69. The minimum Gasteiger partial charge on any atom is -0.343 e. The smallest absolute Gasteiger partial charge is 0.275 e. The van der Waals surface area contributed by atoms with Crippen LogP contribution < -0.4 is 5.32 Å². The Morgan fingerprint density at radius 1 is 1.09 bits per heavy atom. The molecular formula is C27H30ClN3O2S. The molecule has 0 unspecified atom stereocenters. The van der Waals surface area contributed by atoms with Crippen LogP contribution in [0.25, 0.3) is 11.1 Å². The molecule has 2 heterocycles. The lowest BCUT2D eigenvalue weighted by molar-refractivity contribution is -0.132. The first-order valence-electron chi connectivity index (χ1n) is 11.9. The maximum Gasteiger partial charge on any atom is 0.275 e. The van der Waals surface area contributed by atoms with Gasteiger partial charge in [-0.2, -0.15) is 0 Å². The van der Waals surface area contributed by atoms with E-state index in [9.17, 15) is 9.59 Å². The third-order valence-corrected chi connectivity index (χ3v) is 7.54. The molecule has 1 N–H and O–H groups in total. The van der Waals surface area contributed by atoms with E-state index in [1.54, 1.807) is 0 Å². The predicted molar refractivity (Wildman–Crippen MR) is 140 cm³/mol. The molecule has 2 amide bonds. The molecule has 0 spiro atoms. The van der Waals surface area contributed by atoms with Crippen molar-refractivity contribution >= 4 is 40.4 Å². The molecule has 1 fully saturated rings. The van der Waals surface area contributed by atoms with Crippen LogP contribution in [0.2, 0.25) is 5.02 Å². The Morgan fingerprint density at radius 3 is 2.56 bits per heavy atom. The van der Waals surface area contributed by atoms with Gasteiger partial charge < -0.3 is 10.2 Å². The van der Waals surface area contributed by atoms with E-state index in [-0.39, 0.29) is 11.8 Å². The van der Waals surface area contributed by atoms with Crippen molar-refractivity contribution in [3.8, 4) is 11.1 Å². The summed E-state index contributed by atoms with van der Waals surface area (Å²) in [4.78, 5) is 32.0. The van der Waals surface area contributed by atoms with Crippen LogP contribution in [0.1, 0.15) is 66.9 Å². The maximum atomic E-state index is 13.0. The van der Waals surface area contributed by atoms with Gasteiger partial charge >= 0.3 is 0 Å². The Kier molecular flexibility index (Phi) is 8.35. The highest BCUT2D eigenvalue weighted by Crippen LogP contribution is 2.32. The van der Waals surface area contributed by atoms with Crippen LogP contribution in [0, 0.1) is 0 Å². The van der Waals surface area contributed by atoms with Gasteiger partial charge in [-0.15, -0.1) is 11.3 Å². The maximum absolute atomic E-state index is 13.0. The van der Waals surface area contributed by atoms with Crippen LogP contribution in [-0.2, 0) is 4.79 Å². The number of anilines is 1. The zero-order valence-corrected chi connectivity index (χ0v) is 21.0. The van der Waals surface area contributed by atoms with E-state index in [1.807, 2.05) is 58.8 Å². The lowest BCUT2D eigenvalue weighted by Gasteiger charge is -2.31. The van der Waals surface area contributed by atoms with Crippen LogP contribution in [0.5, 0.6) is 0 Å². The number of hydrogen-bond acceptors (Lipinski definition) is 4. The summed E-state index contributed by atoms with van der Waals surface area (Å²) in [5.74, 6) is 0.352. The molecule has 0 bridgehead atoms. The molecule has 1 aromatic heterocycles. The summed E-state index contributed by atoms with van der Waals surface area (Å²) < 4.78 is 0. The van der Waals surface area contributed by atoms with Gasteiger partial charge in [0.15, 0.2) is 0 Å². The topological polar surface area (TPSA) is 62.3 Å². The molecule has 178 valence electrons. The Labute approximate surface area is 210 Å². The molecule has 4 rings (SSSR count). The van der Waals surface area contributed by atoms with Gasteiger partial charge in [0.05, 0.1) is 5.01 Å². The number of unbranched alkanes of at least 4 members (excludes halogenated alkanes) is 2. The first-order chi connectivity index (χ1) is 16.5. The van der Waals surface area contributed by atoms with Crippen LogP contribution in [0.3, 0.4) is 0 Å². The SMILES string of the molecule is CCCCCC(=O)N1CCC(c2nc(C(=O)Nc3ccccc3-c3ccc(Cl)cc3)cs2)CC1. The number of thiazole rings is 1. The molecule has 2 aromatic carbocycles. The molecule has 0 saturated carbocycles. The summed E-state index contributed by atoms with van der Waals surface area (Å²) in [5.41, 5.74) is 3.08. The van der Waals surface area contributed by atoms with E-state index < -0.39 is 0 Å². The predicted octanol–water partition coefficient (Wildman–Crippen LogP) is 7.00. The highest BCUT2D eigenvalue weighted by Gasteiger charge is 2.26. The van der Waals surface area contributed by atoms with Crippen molar-refractivity contribution in [2.45, 2.75) is 51.4 Å². The van der Waals surface area contributed by atoms with E-state index >= 15 is 0 Å². The van der Waals surface area contributed by atoms with Gasteiger partial charge in [0.25, 0.3) is 5.91 Å². The van der Waals surface area contributed by atoms with E-state index in [2.05, 4.69) is 17.2 Å². The number of nitrogens with one attached hydrogen (secondary N) is 1. The first kappa shape index (κ1) is 24.4. The second kappa shape index (κ2) is 11.6. The van der Waals surface area contributed by atoms with Gasteiger partial charge in [-0.1, -0.05) is 61.7 Å². The molecule has 0 aliphatic carbocycles. The number of carbonyl (C=O) groups excluding carboxylic acids is 2. The number of nitrogens with zero attached hydrogens (tertiary/aromatic N) is 2. The minimum atomic E-state index is -0.215. The van der Waals surface area contributed by atoms with Gasteiger partial charge in [0.1, 0.15) is 5.69 Å². The van der Waals surface area contributed by atoms with Crippen molar-refractivity contribution in [3.63, 3.8) is 0 Å². The minimum absolute atomic E-state index is 0.215. The molecular weight excluding hydrogens is 466 g/mol. The number of aromatic nitrogens is 1. The van der Waals surface area contributed by atoms with E-state index in [0.29, 0.717) is 23.1 Å². The van der Waals surface area contributed by atoms with Crippen LogP contribution in [0.15, 0.2) is 53.9 Å². The summed E-state index contributed by atoms with van der Waals surface area (Å²) in [6, 6.07) is 15.3. The van der Waals surface area contributed by atoms with Crippen molar-refractivity contribution in [1.29, 1.82) is 0 Å². The van der Waals surface area contributed by atoms with Crippen LogP contribution in [-0.4, -0.2) is 34.8 Å². The molecule has 7 heteroatoms. The van der Waals surface area contributed by atoms with Gasteiger partial charge in [0, 0.05) is 47.1 Å². The van der Waals surface area contributed by atoms with Crippen molar-refractivity contribution < 1.29 is 9.59 Å². The number of hydrogen-bond donors (Lipinski definition) is 1. The molecule has 3 aromatic rings. The zero-order valence-electron chi connectivity index (χ0n) is 19.4. The number of piperidine rings is 1. The quantitative estimate of drug-likeness (QED) is 0.342. The highest BCUT2D eigenvalue weighted by molar-refractivity contribution is 7.10. The number of carbonyl (C=O) groups is 2. The summed E-state index contributed by atoms with van der Waals surface area (Å²) >= 11 is 7.56. The molecule has 0 atom stereocenters. The zero-order chi connectivity index (χ0) is 23.9. The highest BCUT2D eigenvalue weighted by atomic mass is 35.5. The number of para-hydroxylation sites is 1. The lowest BCUT2D eigenvalue weighted by atomic mass is 9.97. The number of likely N-dealkylation sites (tertiary alicyclic amines) is 1.